The van der Waals surface area contributed by atoms with Gasteiger partial charge in [0, 0.05) is 11.9 Å². The molecular weight excluding hydrogens is 266 g/mol. The number of nitrogens with one attached hydrogen (secondary N) is 2. The Kier molecular flexibility index (Phi) is 4.33. The van der Waals surface area contributed by atoms with Crippen LogP contribution in [-0.4, -0.2) is 16.8 Å². The van der Waals surface area contributed by atoms with Crippen LogP contribution in [0.1, 0.15) is 16.7 Å². The van der Waals surface area contributed by atoms with E-state index in [1.807, 2.05) is 39.0 Å². The van der Waals surface area contributed by atoms with Gasteiger partial charge < -0.3 is 10.6 Å². The van der Waals surface area contributed by atoms with Gasteiger partial charge in [0.15, 0.2) is 0 Å². The van der Waals surface area contributed by atoms with Crippen LogP contribution in [0.2, 0.25) is 0 Å². The summed E-state index contributed by atoms with van der Waals surface area (Å²) >= 11 is 0. The van der Waals surface area contributed by atoms with E-state index in [1.54, 1.807) is 18.3 Å². The molecule has 2 amide bonds. The van der Waals surface area contributed by atoms with E-state index in [4.69, 9.17) is 0 Å². The molecule has 108 valence electrons. The molecule has 0 spiro atoms. The third-order valence-electron chi connectivity index (χ3n) is 3.08. The van der Waals surface area contributed by atoms with Crippen LogP contribution in [0.15, 0.2) is 36.5 Å². The van der Waals surface area contributed by atoms with Crippen LogP contribution in [0, 0.1) is 20.8 Å². The number of nitrogens with zero attached hydrogens (tertiary/aromatic N) is 1. The zero-order chi connectivity index (χ0) is 15.4. The van der Waals surface area contributed by atoms with Crippen molar-refractivity contribution < 1.29 is 9.59 Å². The second-order valence-corrected chi connectivity index (χ2v) is 4.90. The van der Waals surface area contributed by atoms with Gasteiger partial charge in [-0.05, 0) is 44.0 Å². The first-order chi connectivity index (χ1) is 9.97. The molecule has 0 aliphatic rings. The Morgan fingerprint density at radius 1 is 0.952 bits per heavy atom. The molecule has 5 nitrogen and oxygen atoms in total. The van der Waals surface area contributed by atoms with Crippen LogP contribution in [-0.2, 0) is 9.59 Å². The number of carbonyl (C=O) groups excluding carboxylic acids is 2. The molecule has 1 aromatic heterocycles. The third kappa shape index (κ3) is 3.66. The summed E-state index contributed by atoms with van der Waals surface area (Å²) in [6.07, 6.45) is 1.56. The fraction of sp³-hybridized carbons (Fsp3) is 0.188. The highest BCUT2D eigenvalue weighted by Crippen LogP contribution is 2.16. The smallest absolute Gasteiger partial charge is 0.315 e. The monoisotopic (exact) mass is 283 g/mol. The van der Waals surface area contributed by atoms with E-state index in [0.29, 0.717) is 11.5 Å². The van der Waals surface area contributed by atoms with Gasteiger partial charge in [-0.15, -0.1) is 0 Å². The largest absolute Gasteiger partial charge is 0.318 e. The molecule has 2 rings (SSSR count). The number of anilines is 2. The molecule has 0 radical (unpaired) electrons. The third-order valence-corrected chi connectivity index (χ3v) is 3.08. The standard InChI is InChI=1S/C16H17N3O2/c1-10-6-7-13(12(3)9-10)18-15(20)16(21)19-14-11(2)5-4-8-17-14/h4-9H,1-3H3,(H,18,20)(H,17,19,21). The number of carbonyl (C=O) groups is 2. The van der Waals surface area contributed by atoms with Crippen LogP contribution in [0.5, 0.6) is 0 Å². The highest BCUT2D eigenvalue weighted by Gasteiger charge is 2.16. The first-order valence-corrected chi connectivity index (χ1v) is 6.58. The van der Waals surface area contributed by atoms with Gasteiger partial charge in [-0.2, -0.15) is 0 Å². The quantitative estimate of drug-likeness (QED) is 0.832. The van der Waals surface area contributed by atoms with Crippen molar-refractivity contribution in [1.29, 1.82) is 0 Å². The summed E-state index contributed by atoms with van der Waals surface area (Å²) in [5.41, 5.74) is 3.42. The van der Waals surface area contributed by atoms with E-state index in [1.165, 1.54) is 0 Å². The minimum Gasteiger partial charge on any atom is -0.318 e. The number of pyridine rings is 1. The van der Waals surface area contributed by atoms with Crippen molar-refractivity contribution in [2.24, 2.45) is 0 Å². The van der Waals surface area contributed by atoms with Crippen molar-refractivity contribution in [2.75, 3.05) is 10.6 Å². The highest BCUT2D eigenvalue weighted by molar-refractivity contribution is 6.43. The molecule has 21 heavy (non-hydrogen) atoms. The van der Waals surface area contributed by atoms with E-state index in [0.717, 1.165) is 16.7 Å². The summed E-state index contributed by atoms with van der Waals surface area (Å²) in [5.74, 6) is -1.07. The second kappa shape index (κ2) is 6.17. The van der Waals surface area contributed by atoms with Crippen LogP contribution in [0.25, 0.3) is 0 Å². The number of rotatable bonds is 2. The van der Waals surface area contributed by atoms with Gasteiger partial charge in [-0.1, -0.05) is 23.8 Å². The molecule has 0 aliphatic carbocycles. The first-order valence-electron chi connectivity index (χ1n) is 6.58. The van der Waals surface area contributed by atoms with Gasteiger partial charge in [0.2, 0.25) is 0 Å². The van der Waals surface area contributed by atoms with E-state index < -0.39 is 11.8 Å². The average Bonchev–Trinajstić information content (AvgIpc) is 2.44. The minimum atomic E-state index is -0.739. The molecule has 0 unspecified atom stereocenters. The SMILES string of the molecule is Cc1ccc(NC(=O)C(=O)Nc2ncccc2C)c(C)c1. The maximum Gasteiger partial charge on any atom is 0.315 e. The zero-order valence-corrected chi connectivity index (χ0v) is 12.2. The van der Waals surface area contributed by atoms with Crippen molar-refractivity contribution in [3.05, 3.63) is 53.2 Å². The molecule has 2 aromatic rings. The molecule has 0 saturated heterocycles. The highest BCUT2D eigenvalue weighted by atomic mass is 16.2. The van der Waals surface area contributed by atoms with Gasteiger partial charge in [-0.25, -0.2) is 4.98 Å². The summed E-state index contributed by atoms with van der Waals surface area (Å²) < 4.78 is 0. The number of hydrogen-bond acceptors (Lipinski definition) is 3. The predicted molar refractivity (Wildman–Crippen MR) is 82.1 cm³/mol. The van der Waals surface area contributed by atoms with E-state index >= 15 is 0 Å². The summed E-state index contributed by atoms with van der Waals surface area (Å²) in [6, 6.07) is 9.17. The first kappa shape index (κ1) is 14.7. The van der Waals surface area contributed by atoms with Crippen molar-refractivity contribution in [3.63, 3.8) is 0 Å². The van der Waals surface area contributed by atoms with Crippen LogP contribution >= 0.6 is 0 Å². The topological polar surface area (TPSA) is 71.1 Å². The maximum absolute atomic E-state index is 11.9. The molecule has 2 N–H and O–H groups in total. The normalized spacial score (nSPS) is 10.0. The molecule has 0 aliphatic heterocycles. The molecular formula is C16H17N3O2. The lowest BCUT2D eigenvalue weighted by Gasteiger charge is -2.10. The molecule has 0 atom stereocenters. The van der Waals surface area contributed by atoms with Crippen molar-refractivity contribution in [2.45, 2.75) is 20.8 Å². The number of amides is 2. The fourth-order valence-corrected chi connectivity index (χ4v) is 1.91. The maximum atomic E-state index is 11.9. The Morgan fingerprint density at radius 2 is 1.67 bits per heavy atom. The molecule has 0 fully saturated rings. The van der Waals surface area contributed by atoms with Gasteiger partial charge in [0.1, 0.15) is 5.82 Å². The Hall–Kier alpha value is -2.69. The minimum absolute atomic E-state index is 0.387. The lowest BCUT2D eigenvalue weighted by Crippen LogP contribution is -2.30. The lowest BCUT2D eigenvalue weighted by molar-refractivity contribution is -0.133. The molecule has 1 aromatic carbocycles. The molecule has 0 saturated carbocycles. The molecule has 0 bridgehead atoms. The Bertz CT molecular complexity index is 696. The lowest BCUT2D eigenvalue weighted by atomic mass is 10.1. The Balaban J connectivity index is 2.06. The molecule has 5 heteroatoms. The number of hydrogen-bond donors (Lipinski definition) is 2. The van der Waals surface area contributed by atoms with Gasteiger partial charge in [-0.3, -0.25) is 9.59 Å². The van der Waals surface area contributed by atoms with Crippen molar-refractivity contribution >= 4 is 23.3 Å². The van der Waals surface area contributed by atoms with Crippen LogP contribution in [0.3, 0.4) is 0 Å². The average molecular weight is 283 g/mol. The number of benzene rings is 1. The Labute approximate surface area is 123 Å². The molecule has 1 heterocycles. The summed E-state index contributed by atoms with van der Waals surface area (Å²) in [6.45, 7) is 5.66. The van der Waals surface area contributed by atoms with E-state index in [2.05, 4.69) is 15.6 Å². The van der Waals surface area contributed by atoms with E-state index in [-0.39, 0.29) is 0 Å². The van der Waals surface area contributed by atoms with Crippen molar-refractivity contribution in [3.8, 4) is 0 Å². The zero-order valence-electron chi connectivity index (χ0n) is 12.2. The fourth-order valence-electron chi connectivity index (χ4n) is 1.91. The summed E-state index contributed by atoms with van der Waals surface area (Å²) in [7, 11) is 0. The van der Waals surface area contributed by atoms with Crippen LogP contribution in [0.4, 0.5) is 11.5 Å². The summed E-state index contributed by atoms with van der Waals surface area (Å²) in [4.78, 5) is 27.8. The van der Waals surface area contributed by atoms with Gasteiger partial charge >= 0.3 is 11.8 Å². The number of aryl methyl sites for hydroxylation is 3. The number of aromatic nitrogens is 1. The van der Waals surface area contributed by atoms with Gasteiger partial charge in [0.25, 0.3) is 0 Å². The predicted octanol–water partition coefficient (Wildman–Crippen LogP) is 2.58. The second-order valence-electron chi connectivity index (χ2n) is 4.90. The van der Waals surface area contributed by atoms with Crippen molar-refractivity contribution in [1.82, 2.24) is 4.98 Å². The Morgan fingerprint density at radius 3 is 2.33 bits per heavy atom. The van der Waals surface area contributed by atoms with E-state index in [9.17, 15) is 9.59 Å². The van der Waals surface area contributed by atoms with Gasteiger partial charge in [0.05, 0.1) is 0 Å². The van der Waals surface area contributed by atoms with Crippen LogP contribution < -0.4 is 10.6 Å². The summed E-state index contributed by atoms with van der Waals surface area (Å²) in [5, 5.41) is 5.10.